The molecule has 0 aliphatic rings. The van der Waals surface area contributed by atoms with Crippen LogP contribution in [0.5, 0.6) is 0 Å². The van der Waals surface area contributed by atoms with Crippen molar-refractivity contribution in [3.05, 3.63) is 18.2 Å². The molecule has 0 bridgehead atoms. The standard InChI is InChI=1S/C15H25N5/c1-12(2)8-6-4-5-7-9-16-14-15-19-18-13(3)20(15)11-10-17-14/h10-12H,4-9H2,1-3H3,(H,16,17). The molecule has 0 fully saturated rings. The largest absolute Gasteiger partial charge is 0.367 e. The van der Waals surface area contributed by atoms with E-state index >= 15 is 0 Å². The van der Waals surface area contributed by atoms with Gasteiger partial charge in [0.1, 0.15) is 5.82 Å². The highest BCUT2D eigenvalue weighted by atomic mass is 15.3. The third kappa shape index (κ3) is 3.92. The van der Waals surface area contributed by atoms with Crippen molar-refractivity contribution >= 4 is 11.5 Å². The van der Waals surface area contributed by atoms with Gasteiger partial charge in [0.15, 0.2) is 5.82 Å². The van der Waals surface area contributed by atoms with Crippen molar-refractivity contribution in [1.82, 2.24) is 19.6 Å². The van der Waals surface area contributed by atoms with Crippen LogP contribution in [-0.2, 0) is 0 Å². The van der Waals surface area contributed by atoms with Gasteiger partial charge in [0.2, 0.25) is 5.65 Å². The van der Waals surface area contributed by atoms with Gasteiger partial charge in [0.25, 0.3) is 0 Å². The second kappa shape index (κ2) is 7.22. The topological polar surface area (TPSA) is 55.1 Å². The van der Waals surface area contributed by atoms with Crippen molar-refractivity contribution in [3.63, 3.8) is 0 Å². The summed E-state index contributed by atoms with van der Waals surface area (Å²) >= 11 is 0. The van der Waals surface area contributed by atoms with Crippen molar-refractivity contribution < 1.29 is 0 Å². The number of rotatable bonds is 8. The third-order valence-corrected chi connectivity index (χ3v) is 3.50. The summed E-state index contributed by atoms with van der Waals surface area (Å²) in [4.78, 5) is 4.34. The van der Waals surface area contributed by atoms with Crippen LogP contribution in [0.4, 0.5) is 5.82 Å². The fourth-order valence-corrected chi connectivity index (χ4v) is 2.30. The molecule has 0 atom stereocenters. The molecule has 110 valence electrons. The van der Waals surface area contributed by atoms with Crippen LogP contribution in [-0.4, -0.2) is 26.1 Å². The second-order valence-corrected chi connectivity index (χ2v) is 5.74. The van der Waals surface area contributed by atoms with Crippen LogP contribution >= 0.6 is 0 Å². The molecule has 5 nitrogen and oxygen atoms in total. The zero-order chi connectivity index (χ0) is 14.4. The summed E-state index contributed by atoms with van der Waals surface area (Å²) < 4.78 is 1.96. The van der Waals surface area contributed by atoms with Crippen LogP contribution in [0, 0.1) is 12.8 Å². The SMILES string of the molecule is Cc1nnc2c(NCCCCCCC(C)C)nccn12. The first-order chi connectivity index (χ1) is 9.68. The van der Waals surface area contributed by atoms with Crippen LogP contribution in [0.25, 0.3) is 5.65 Å². The normalized spacial score (nSPS) is 11.4. The number of nitrogens with zero attached hydrogens (tertiary/aromatic N) is 4. The molecule has 0 unspecified atom stereocenters. The number of hydrogen-bond acceptors (Lipinski definition) is 4. The first-order valence-corrected chi connectivity index (χ1v) is 7.58. The molecular formula is C15H25N5. The molecule has 0 amide bonds. The minimum absolute atomic E-state index is 0.810. The molecule has 2 heterocycles. The molecule has 2 aromatic heterocycles. The highest BCUT2D eigenvalue weighted by Gasteiger charge is 2.06. The predicted octanol–water partition coefficient (Wildman–Crippen LogP) is 3.45. The van der Waals surface area contributed by atoms with Crippen molar-refractivity contribution in [3.8, 4) is 0 Å². The highest BCUT2D eigenvalue weighted by molar-refractivity contribution is 5.61. The molecule has 1 N–H and O–H groups in total. The highest BCUT2D eigenvalue weighted by Crippen LogP contribution is 2.13. The molecule has 2 rings (SSSR count). The summed E-state index contributed by atoms with van der Waals surface area (Å²) in [5.74, 6) is 2.54. The molecule has 0 aliphatic heterocycles. The molecule has 0 saturated heterocycles. The Labute approximate surface area is 120 Å². The maximum absolute atomic E-state index is 4.34. The summed E-state index contributed by atoms with van der Waals surface area (Å²) in [6.07, 6.45) is 10.1. The average Bonchev–Trinajstić information content (AvgIpc) is 2.80. The first kappa shape index (κ1) is 14.8. The second-order valence-electron chi connectivity index (χ2n) is 5.74. The van der Waals surface area contributed by atoms with Gasteiger partial charge in [-0.05, 0) is 19.3 Å². The van der Waals surface area contributed by atoms with Crippen LogP contribution in [0.3, 0.4) is 0 Å². The van der Waals surface area contributed by atoms with Crippen molar-refractivity contribution in [2.45, 2.75) is 52.9 Å². The number of aromatic nitrogens is 4. The summed E-state index contributed by atoms with van der Waals surface area (Å²) in [5, 5.41) is 11.6. The smallest absolute Gasteiger partial charge is 0.203 e. The fraction of sp³-hybridized carbons (Fsp3) is 0.667. The summed E-state index contributed by atoms with van der Waals surface area (Å²) in [7, 11) is 0. The Morgan fingerprint density at radius 1 is 1.15 bits per heavy atom. The van der Waals surface area contributed by atoms with Crippen LogP contribution in [0.1, 0.15) is 51.8 Å². The van der Waals surface area contributed by atoms with Gasteiger partial charge in [-0.1, -0.05) is 39.5 Å². The van der Waals surface area contributed by atoms with Crippen LogP contribution in [0.2, 0.25) is 0 Å². The number of aryl methyl sites for hydroxylation is 1. The maximum atomic E-state index is 4.34. The van der Waals surface area contributed by atoms with Crippen molar-refractivity contribution in [2.24, 2.45) is 5.92 Å². The Hall–Kier alpha value is -1.65. The van der Waals surface area contributed by atoms with Gasteiger partial charge in [-0.15, -0.1) is 10.2 Å². The van der Waals surface area contributed by atoms with E-state index in [2.05, 4.69) is 34.3 Å². The average molecular weight is 275 g/mol. The maximum Gasteiger partial charge on any atom is 0.203 e. The lowest BCUT2D eigenvalue weighted by atomic mass is 10.0. The van der Waals surface area contributed by atoms with E-state index in [1.165, 1.54) is 32.1 Å². The van der Waals surface area contributed by atoms with Gasteiger partial charge >= 0.3 is 0 Å². The molecule has 0 saturated carbocycles. The van der Waals surface area contributed by atoms with Gasteiger partial charge in [-0.3, -0.25) is 4.40 Å². The van der Waals surface area contributed by atoms with E-state index in [-0.39, 0.29) is 0 Å². The van der Waals surface area contributed by atoms with E-state index in [1.807, 2.05) is 17.5 Å². The summed E-state index contributed by atoms with van der Waals surface area (Å²) in [6.45, 7) is 7.46. The van der Waals surface area contributed by atoms with Crippen molar-refractivity contribution in [2.75, 3.05) is 11.9 Å². The van der Waals surface area contributed by atoms with E-state index in [0.717, 1.165) is 29.8 Å². The molecule has 0 aromatic carbocycles. The Balaban J connectivity index is 1.73. The first-order valence-electron chi connectivity index (χ1n) is 7.58. The monoisotopic (exact) mass is 275 g/mol. The van der Waals surface area contributed by atoms with E-state index < -0.39 is 0 Å². The van der Waals surface area contributed by atoms with Gasteiger partial charge in [-0.2, -0.15) is 0 Å². The quantitative estimate of drug-likeness (QED) is 0.750. The number of unbranched alkanes of at least 4 members (excludes halogenated alkanes) is 3. The fourth-order valence-electron chi connectivity index (χ4n) is 2.30. The number of nitrogens with one attached hydrogen (secondary N) is 1. The molecular weight excluding hydrogens is 250 g/mol. The van der Waals surface area contributed by atoms with E-state index in [9.17, 15) is 0 Å². The lowest BCUT2D eigenvalue weighted by molar-refractivity contribution is 0.523. The number of anilines is 1. The molecule has 0 aliphatic carbocycles. The minimum Gasteiger partial charge on any atom is -0.367 e. The van der Waals surface area contributed by atoms with E-state index in [0.29, 0.717) is 0 Å². The van der Waals surface area contributed by atoms with E-state index in [1.54, 1.807) is 6.20 Å². The molecule has 2 aromatic rings. The zero-order valence-corrected chi connectivity index (χ0v) is 12.8. The van der Waals surface area contributed by atoms with E-state index in [4.69, 9.17) is 0 Å². The number of hydrogen-bond donors (Lipinski definition) is 1. The van der Waals surface area contributed by atoms with Gasteiger partial charge < -0.3 is 5.32 Å². The Bertz CT molecular complexity index is 532. The van der Waals surface area contributed by atoms with Crippen LogP contribution in [0.15, 0.2) is 12.4 Å². The number of fused-ring (bicyclic) bond motifs is 1. The summed E-state index contributed by atoms with van der Waals surface area (Å²) in [6, 6.07) is 0. The zero-order valence-electron chi connectivity index (χ0n) is 12.8. The Morgan fingerprint density at radius 3 is 2.75 bits per heavy atom. The molecule has 0 spiro atoms. The predicted molar refractivity (Wildman–Crippen MR) is 81.9 cm³/mol. The lowest BCUT2D eigenvalue weighted by Gasteiger charge is -2.07. The molecule has 20 heavy (non-hydrogen) atoms. The van der Waals surface area contributed by atoms with Crippen molar-refractivity contribution in [1.29, 1.82) is 0 Å². The Morgan fingerprint density at radius 2 is 1.95 bits per heavy atom. The summed E-state index contributed by atoms with van der Waals surface area (Å²) in [5.41, 5.74) is 0.810. The van der Waals surface area contributed by atoms with Gasteiger partial charge in [0.05, 0.1) is 0 Å². The third-order valence-electron chi connectivity index (χ3n) is 3.50. The minimum atomic E-state index is 0.810. The lowest BCUT2D eigenvalue weighted by Crippen LogP contribution is -2.05. The van der Waals surface area contributed by atoms with Gasteiger partial charge in [-0.25, -0.2) is 4.98 Å². The molecule has 0 radical (unpaired) electrons. The van der Waals surface area contributed by atoms with Gasteiger partial charge in [0, 0.05) is 18.9 Å². The molecule has 5 heteroatoms. The Kier molecular flexibility index (Phi) is 5.32. The van der Waals surface area contributed by atoms with Crippen LogP contribution < -0.4 is 5.32 Å².